The van der Waals surface area contributed by atoms with Gasteiger partial charge in [0.1, 0.15) is 0 Å². The summed E-state index contributed by atoms with van der Waals surface area (Å²) in [5.74, 6) is 0. The molecule has 1 aliphatic rings. The second kappa shape index (κ2) is 6.45. The van der Waals surface area contributed by atoms with Crippen molar-refractivity contribution in [2.45, 2.75) is 39.3 Å². The van der Waals surface area contributed by atoms with E-state index in [0.29, 0.717) is 6.04 Å². The van der Waals surface area contributed by atoms with Gasteiger partial charge in [0.05, 0.1) is 17.6 Å². The van der Waals surface area contributed by atoms with E-state index in [4.69, 9.17) is 5.10 Å². The molecule has 2 aromatic heterocycles. The van der Waals surface area contributed by atoms with Gasteiger partial charge in [0.25, 0.3) is 0 Å². The molecular weight excluding hydrogens is 308 g/mol. The van der Waals surface area contributed by atoms with E-state index in [9.17, 15) is 0 Å². The van der Waals surface area contributed by atoms with Crippen molar-refractivity contribution in [3.63, 3.8) is 0 Å². The third-order valence-electron chi connectivity index (χ3n) is 4.94. The van der Waals surface area contributed by atoms with Crippen molar-refractivity contribution in [3.8, 4) is 5.69 Å². The highest BCUT2D eigenvalue weighted by atomic mass is 15.3. The van der Waals surface area contributed by atoms with Crippen LogP contribution in [0.3, 0.4) is 0 Å². The molecule has 0 spiro atoms. The van der Waals surface area contributed by atoms with E-state index in [1.807, 2.05) is 30.6 Å². The summed E-state index contributed by atoms with van der Waals surface area (Å²) in [5, 5.41) is 8.40. The average Bonchev–Trinajstić information content (AvgIpc) is 3.04. The number of hydrogen-bond acceptors (Lipinski definition) is 3. The number of pyridine rings is 1. The summed E-state index contributed by atoms with van der Waals surface area (Å²) in [6.45, 7) is 5.46. The van der Waals surface area contributed by atoms with Gasteiger partial charge < -0.3 is 5.32 Å². The fourth-order valence-corrected chi connectivity index (χ4v) is 3.75. The number of aromatic nitrogens is 3. The van der Waals surface area contributed by atoms with Gasteiger partial charge in [0, 0.05) is 30.0 Å². The number of para-hydroxylation sites is 1. The van der Waals surface area contributed by atoms with Crippen LogP contribution in [-0.4, -0.2) is 14.8 Å². The average molecular weight is 332 g/mol. The van der Waals surface area contributed by atoms with Gasteiger partial charge in [-0.15, -0.1) is 0 Å². The van der Waals surface area contributed by atoms with E-state index in [-0.39, 0.29) is 5.41 Å². The lowest BCUT2D eigenvalue weighted by Gasteiger charge is -2.36. The third-order valence-corrected chi connectivity index (χ3v) is 4.94. The van der Waals surface area contributed by atoms with Gasteiger partial charge in [-0.05, 0) is 42.5 Å². The minimum atomic E-state index is 0.237. The summed E-state index contributed by atoms with van der Waals surface area (Å²) in [7, 11) is 0. The molecule has 0 fully saturated rings. The molecule has 4 heteroatoms. The molecular formula is C21H24N4. The standard InChI is InChI=1S/C21H24N4/c1-21(2)12-19(23-14-16-8-6-7-11-22-16)18-15-24-25(20(18)13-21)17-9-4-3-5-10-17/h3-11,15,19,23H,12-14H2,1-2H3. The number of hydrogen-bond donors (Lipinski definition) is 1. The highest BCUT2D eigenvalue weighted by molar-refractivity contribution is 5.37. The molecule has 0 amide bonds. The molecule has 1 atom stereocenters. The molecule has 0 aliphatic heterocycles. The largest absolute Gasteiger partial charge is 0.304 e. The Bertz CT molecular complexity index is 837. The Balaban J connectivity index is 1.64. The Kier molecular flexibility index (Phi) is 4.14. The SMILES string of the molecule is CC1(C)Cc2c(cnn2-c2ccccc2)C(NCc2ccccn2)C1. The van der Waals surface area contributed by atoms with Gasteiger partial charge in [0.2, 0.25) is 0 Å². The topological polar surface area (TPSA) is 42.7 Å². The maximum Gasteiger partial charge on any atom is 0.0648 e. The van der Waals surface area contributed by atoms with E-state index >= 15 is 0 Å². The van der Waals surface area contributed by atoms with Crippen molar-refractivity contribution in [3.05, 3.63) is 77.9 Å². The minimum absolute atomic E-state index is 0.237. The molecule has 1 N–H and O–H groups in total. The number of nitrogens with zero attached hydrogens (tertiary/aromatic N) is 3. The molecule has 2 heterocycles. The monoisotopic (exact) mass is 332 g/mol. The van der Waals surface area contributed by atoms with Crippen LogP contribution in [0.15, 0.2) is 60.9 Å². The van der Waals surface area contributed by atoms with Gasteiger partial charge in [-0.25, -0.2) is 4.68 Å². The number of benzene rings is 1. The van der Waals surface area contributed by atoms with E-state index in [1.54, 1.807) is 0 Å². The maximum atomic E-state index is 4.70. The van der Waals surface area contributed by atoms with Crippen molar-refractivity contribution >= 4 is 0 Å². The summed E-state index contributed by atoms with van der Waals surface area (Å²) < 4.78 is 2.10. The molecule has 0 bridgehead atoms. The molecule has 0 saturated heterocycles. The first-order valence-corrected chi connectivity index (χ1v) is 8.88. The van der Waals surface area contributed by atoms with Gasteiger partial charge in [-0.1, -0.05) is 38.1 Å². The molecule has 1 aliphatic carbocycles. The summed E-state index contributed by atoms with van der Waals surface area (Å²) in [6.07, 6.45) is 6.03. The molecule has 3 aromatic rings. The fraction of sp³-hybridized carbons (Fsp3) is 0.333. The van der Waals surface area contributed by atoms with Crippen LogP contribution >= 0.6 is 0 Å². The van der Waals surface area contributed by atoms with Gasteiger partial charge in [0.15, 0.2) is 0 Å². The zero-order chi connectivity index (χ0) is 17.3. The van der Waals surface area contributed by atoms with E-state index in [0.717, 1.165) is 30.8 Å². The summed E-state index contributed by atoms with van der Waals surface area (Å²) >= 11 is 0. The first-order chi connectivity index (χ1) is 12.1. The van der Waals surface area contributed by atoms with Crippen molar-refractivity contribution in [1.82, 2.24) is 20.1 Å². The Morgan fingerprint density at radius 1 is 1.12 bits per heavy atom. The van der Waals surface area contributed by atoms with Crippen LogP contribution in [0.25, 0.3) is 5.69 Å². The molecule has 4 nitrogen and oxygen atoms in total. The molecule has 25 heavy (non-hydrogen) atoms. The molecule has 1 aromatic carbocycles. The minimum Gasteiger partial charge on any atom is -0.304 e. The molecule has 0 saturated carbocycles. The second-order valence-electron chi connectivity index (χ2n) is 7.59. The Labute approximate surface area is 148 Å². The van der Waals surface area contributed by atoms with Crippen LogP contribution in [0.2, 0.25) is 0 Å². The summed E-state index contributed by atoms with van der Waals surface area (Å²) in [6, 6.07) is 16.8. The lowest BCUT2D eigenvalue weighted by molar-refractivity contribution is 0.252. The van der Waals surface area contributed by atoms with Crippen molar-refractivity contribution < 1.29 is 0 Å². The quantitative estimate of drug-likeness (QED) is 0.783. The lowest BCUT2D eigenvalue weighted by Crippen LogP contribution is -2.33. The van der Waals surface area contributed by atoms with E-state index in [2.05, 4.69) is 59.2 Å². The van der Waals surface area contributed by atoms with Crippen molar-refractivity contribution in [2.24, 2.45) is 5.41 Å². The van der Waals surface area contributed by atoms with Crippen LogP contribution in [-0.2, 0) is 13.0 Å². The number of rotatable bonds is 4. The number of nitrogens with one attached hydrogen (secondary N) is 1. The zero-order valence-corrected chi connectivity index (χ0v) is 14.8. The van der Waals surface area contributed by atoms with E-state index < -0.39 is 0 Å². The van der Waals surface area contributed by atoms with Crippen LogP contribution < -0.4 is 5.32 Å². The first kappa shape index (κ1) is 16.0. The third kappa shape index (κ3) is 3.35. The van der Waals surface area contributed by atoms with E-state index in [1.165, 1.54) is 11.3 Å². The smallest absolute Gasteiger partial charge is 0.0648 e. The maximum absolute atomic E-state index is 4.70. The first-order valence-electron chi connectivity index (χ1n) is 8.88. The molecule has 1 unspecified atom stereocenters. The number of fused-ring (bicyclic) bond motifs is 1. The van der Waals surface area contributed by atoms with Crippen molar-refractivity contribution in [2.75, 3.05) is 0 Å². The molecule has 0 radical (unpaired) electrons. The normalized spacial score (nSPS) is 18.7. The highest BCUT2D eigenvalue weighted by Gasteiger charge is 2.35. The van der Waals surface area contributed by atoms with Crippen LogP contribution in [0.5, 0.6) is 0 Å². The summed E-state index contributed by atoms with van der Waals surface area (Å²) in [4.78, 5) is 4.42. The van der Waals surface area contributed by atoms with Crippen LogP contribution in [0.4, 0.5) is 0 Å². The molecule has 4 rings (SSSR count). The predicted molar refractivity (Wildman–Crippen MR) is 99.5 cm³/mol. The van der Waals surface area contributed by atoms with Crippen molar-refractivity contribution in [1.29, 1.82) is 0 Å². The predicted octanol–water partition coefficient (Wildman–Crippen LogP) is 4.07. The Morgan fingerprint density at radius 2 is 1.92 bits per heavy atom. The van der Waals surface area contributed by atoms with Gasteiger partial charge in [-0.2, -0.15) is 5.10 Å². The summed E-state index contributed by atoms with van der Waals surface area (Å²) in [5.41, 5.74) is 5.08. The lowest BCUT2D eigenvalue weighted by atomic mass is 9.74. The van der Waals surface area contributed by atoms with Gasteiger partial charge in [-0.3, -0.25) is 4.98 Å². The second-order valence-corrected chi connectivity index (χ2v) is 7.59. The molecule has 128 valence electrons. The fourth-order valence-electron chi connectivity index (χ4n) is 3.75. The van der Waals surface area contributed by atoms with Crippen LogP contribution in [0, 0.1) is 5.41 Å². The Hall–Kier alpha value is -2.46. The zero-order valence-electron chi connectivity index (χ0n) is 14.8. The Morgan fingerprint density at radius 3 is 2.68 bits per heavy atom. The van der Waals surface area contributed by atoms with Crippen LogP contribution in [0.1, 0.15) is 43.3 Å². The van der Waals surface area contributed by atoms with Gasteiger partial charge >= 0.3 is 0 Å². The highest BCUT2D eigenvalue weighted by Crippen LogP contribution is 2.41.